The van der Waals surface area contributed by atoms with Crippen molar-refractivity contribution in [3.63, 3.8) is 0 Å². The van der Waals surface area contributed by atoms with Gasteiger partial charge in [0.1, 0.15) is 18.1 Å². The fraction of sp³-hybridized carbons (Fsp3) is 0.134. The molecule has 15 aromatic carbocycles. The summed E-state index contributed by atoms with van der Waals surface area (Å²) in [6.45, 7) is 36.4. The molecule has 4 N–H and O–H groups in total. The maximum atomic E-state index is 13.0. The van der Waals surface area contributed by atoms with E-state index >= 15 is 0 Å². The van der Waals surface area contributed by atoms with E-state index in [9.17, 15) is 70.7 Å². The lowest BCUT2D eigenvalue weighted by molar-refractivity contribution is -0.139. The molecule has 0 bridgehead atoms. The van der Waals surface area contributed by atoms with Crippen LogP contribution >= 0.6 is 0 Å². The fourth-order valence-corrected chi connectivity index (χ4v) is 16.6. The maximum absolute atomic E-state index is 13.0. The van der Waals surface area contributed by atoms with Gasteiger partial charge in [-0.3, -0.25) is 53.1 Å². The molecule has 0 atom stereocenters. The Morgan fingerprint density at radius 3 is 1.18 bits per heavy atom. The van der Waals surface area contributed by atoms with Gasteiger partial charge in [-0.15, -0.1) is 0 Å². The van der Waals surface area contributed by atoms with Crippen LogP contribution in [-0.2, 0) is 57.8 Å². The van der Waals surface area contributed by atoms with Gasteiger partial charge in [0.2, 0.25) is 10.0 Å². The number of carbonyl (C=O) groups is 13. The summed E-state index contributed by atoms with van der Waals surface area (Å²) in [5.74, 6) is -4.10. The molecule has 15 aromatic rings. The SMILES string of the molecule is C=C(C)C(=O)Nc1ccc2ccccc2c1.C=C(C)C(=O)Nc1cccc2ccccc12.C=C(C)C(=O)OCCCN1C(=O)c2ccc3c4c(ccc(c24)C1=O)C(=O)N(C)C3=O.C=C(C)C(=O)OCCCN1C(=O)c2cccc3cccc(c23)C1=O.C=C(C)C(=O)OCCNS(=O)(=O)c1cccc2cccc(Nc3ccccc3)c12.C=C(C)C(=O)Oc1ccc2ccccc2c1.C=C(C)C(=O)Oc1cccc2ccccc12. The number of rotatable bonds is 26. The van der Waals surface area contributed by atoms with Crippen LogP contribution in [0.5, 0.6) is 11.5 Å². The number of imide groups is 3. The van der Waals surface area contributed by atoms with Gasteiger partial charge in [-0.05, 0) is 201 Å². The standard InChI is InChI=1S/C22H18N2O6.C22H22N2O4S.C19H17NO4.2C14H13NO.2C14H12O2/c1-11(2)22(29)30-10-4-9-24-20(27)14-7-5-12-16-13(19(26)23(3)18(12)25)6-8-15(17(14)16)21(24)28;1-16(2)22(25)28-15-14-23-29(26,27)20-13-7-9-17-8-6-12-19(21(17)20)24-18-10-4-3-5-11-18;1-12(2)19(23)24-11-5-10-20-17(21)14-8-3-6-13-7-4-9-15(16(13)14)18(20)22;1-10(2)14(16)15-13-9-5-7-11-6-3-4-8-12(11)13;1-10(2)14(16)15-13-8-7-11-5-3-4-6-12(11)9-13;1-10(2)14(15)16-13-9-5-7-11-6-3-4-8-12(11)13;1-10(2)14(15)16-13-8-7-11-5-3-4-6-12(11)9-13/h5-8H,1,4,9-10H2,2-3H3;3-13,23-24H,1,14-15H2,2H3;3-4,6-9H,1,5,10-11H2,2H3;2*3-9H,1H2,2H3,(H,15,16);2*3-9H,1H2,2H3. The topological polar surface area (TPSA) is 360 Å². The molecule has 0 radical (unpaired) electrons. The van der Waals surface area contributed by atoms with Crippen molar-refractivity contribution < 1.29 is 94.4 Å². The zero-order chi connectivity index (χ0) is 106. The first-order valence-electron chi connectivity index (χ1n) is 46.4. The molecule has 0 spiro atoms. The van der Waals surface area contributed by atoms with E-state index in [-0.39, 0.29) is 108 Å². The Morgan fingerprint density at radius 1 is 0.306 bits per heavy atom. The highest BCUT2D eigenvalue weighted by molar-refractivity contribution is 7.89. The highest BCUT2D eigenvalue weighted by atomic mass is 32.2. The molecule has 18 rings (SSSR count). The van der Waals surface area contributed by atoms with Crippen molar-refractivity contribution >= 4 is 185 Å². The Labute approximate surface area is 849 Å². The molecule has 3 aliphatic rings. The monoisotopic (exact) mass is 1990 g/mol. The molecule has 0 unspecified atom stereocenters. The summed E-state index contributed by atoms with van der Waals surface area (Å²) in [6, 6.07) is 91.6. The minimum absolute atomic E-state index is 0.0357. The molecule has 0 aliphatic carbocycles. The molecule has 744 valence electrons. The van der Waals surface area contributed by atoms with Crippen LogP contribution in [0.15, 0.2) is 387 Å². The van der Waals surface area contributed by atoms with Crippen molar-refractivity contribution in [1.82, 2.24) is 19.4 Å². The van der Waals surface area contributed by atoms with E-state index in [2.05, 4.69) is 66.7 Å². The summed E-state index contributed by atoms with van der Waals surface area (Å²) in [4.78, 5) is 160. The minimum atomic E-state index is -3.82. The highest BCUT2D eigenvalue weighted by Gasteiger charge is 2.39. The first kappa shape index (κ1) is 108. The number of hydrogen-bond acceptors (Lipinski definition) is 21. The van der Waals surface area contributed by atoms with E-state index in [0.29, 0.717) is 84.1 Å². The van der Waals surface area contributed by atoms with Gasteiger partial charge in [-0.1, -0.05) is 246 Å². The molecule has 3 heterocycles. The van der Waals surface area contributed by atoms with Crippen LogP contribution in [-0.4, -0.2) is 147 Å². The number of nitrogens with one attached hydrogen (secondary N) is 4. The van der Waals surface area contributed by atoms with Crippen LogP contribution in [0, 0.1) is 0 Å². The Bertz CT molecular complexity index is 7650. The van der Waals surface area contributed by atoms with E-state index in [0.717, 1.165) is 80.7 Å². The van der Waals surface area contributed by atoms with Crippen LogP contribution in [0.4, 0.5) is 22.7 Å². The number of amides is 8. The minimum Gasteiger partial charge on any atom is -0.462 e. The third kappa shape index (κ3) is 26.9. The lowest BCUT2D eigenvalue weighted by Crippen LogP contribution is -2.42. The summed E-state index contributed by atoms with van der Waals surface area (Å²) in [5, 5.41) is 21.2. The van der Waals surface area contributed by atoms with Crippen molar-refractivity contribution in [1.29, 1.82) is 0 Å². The second-order valence-electron chi connectivity index (χ2n) is 34.4. The number of fused-ring (bicyclic) bond motifs is 5. The van der Waals surface area contributed by atoms with E-state index < -0.39 is 63.5 Å². The third-order valence-corrected chi connectivity index (χ3v) is 24.3. The van der Waals surface area contributed by atoms with Crippen molar-refractivity contribution in [3.05, 3.63) is 416 Å². The van der Waals surface area contributed by atoms with Gasteiger partial charge in [-0.25, -0.2) is 37.1 Å². The normalized spacial score (nSPS) is 11.9. The number of benzene rings is 15. The summed E-state index contributed by atoms with van der Waals surface area (Å²) in [5.41, 5.74) is 7.96. The number of sulfonamides is 1. The Balaban J connectivity index is 0.000000155. The molecule has 0 fully saturated rings. The van der Waals surface area contributed by atoms with Crippen molar-refractivity contribution in [3.8, 4) is 11.5 Å². The molecule has 28 heteroatoms. The van der Waals surface area contributed by atoms with Crippen LogP contribution in [0.3, 0.4) is 0 Å². The van der Waals surface area contributed by atoms with Gasteiger partial charge in [0, 0.05) is 154 Å². The van der Waals surface area contributed by atoms with E-state index in [1.54, 1.807) is 71.0 Å². The molecule has 147 heavy (non-hydrogen) atoms. The predicted molar refractivity (Wildman–Crippen MR) is 574 cm³/mol. The zero-order valence-corrected chi connectivity index (χ0v) is 83.1. The van der Waals surface area contributed by atoms with Gasteiger partial charge < -0.3 is 39.6 Å². The van der Waals surface area contributed by atoms with Crippen molar-refractivity contribution in [2.75, 3.05) is 62.5 Å². The zero-order valence-electron chi connectivity index (χ0n) is 82.3. The number of carbonyl (C=O) groups excluding carboxylic acids is 13. The average molecular weight is 1990 g/mol. The first-order chi connectivity index (χ1) is 70.3. The number of nitrogens with zero attached hydrogens (tertiary/aromatic N) is 3. The summed E-state index contributed by atoms with van der Waals surface area (Å²) >= 11 is 0. The second kappa shape index (κ2) is 49.4. The maximum Gasteiger partial charge on any atom is 0.338 e. The molecule has 0 saturated carbocycles. The van der Waals surface area contributed by atoms with Gasteiger partial charge >= 0.3 is 29.8 Å². The Hall–Kier alpha value is -18.3. The number of esters is 5. The van der Waals surface area contributed by atoms with Crippen molar-refractivity contribution in [2.45, 2.75) is 66.2 Å². The van der Waals surface area contributed by atoms with E-state index in [1.807, 2.05) is 237 Å². The largest absolute Gasteiger partial charge is 0.462 e. The Kier molecular flexibility index (Phi) is 36.2. The lowest BCUT2D eigenvalue weighted by atomic mass is 9.86. The molecule has 3 aliphatic heterocycles. The van der Waals surface area contributed by atoms with Gasteiger partial charge in [0.25, 0.3) is 47.3 Å². The molecular formula is C119H107N7O20S. The summed E-state index contributed by atoms with van der Waals surface area (Å²) < 4.78 is 53.7. The van der Waals surface area contributed by atoms with Gasteiger partial charge in [0.15, 0.2) is 0 Å². The molecule has 27 nitrogen and oxygen atoms in total. The predicted octanol–water partition coefficient (Wildman–Crippen LogP) is 22.4. The first-order valence-corrected chi connectivity index (χ1v) is 47.9. The average Bonchev–Trinajstić information content (AvgIpc) is 0.709. The van der Waals surface area contributed by atoms with Gasteiger partial charge in [0.05, 0.1) is 18.1 Å². The number of ether oxygens (including phenoxy) is 5. The van der Waals surface area contributed by atoms with Crippen molar-refractivity contribution in [2.24, 2.45) is 0 Å². The number of para-hydroxylation sites is 1. The summed E-state index contributed by atoms with van der Waals surface area (Å²) in [7, 11) is -2.43. The Morgan fingerprint density at radius 2 is 0.680 bits per heavy atom. The summed E-state index contributed by atoms with van der Waals surface area (Å²) in [6.07, 6.45) is 0.654. The molecule has 0 saturated heterocycles. The molecule has 0 aromatic heterocycles. The van der Waals surface area contributed by atoms with E-state index in [1.165, 1.54) is 50.1 Å². The molecular weight excluding hydrogens is 1880 g/mol. The molecule has 8 amide bonds. The van der Waals surface area contributed by atoms with Crippen LogP contribution < -0.4 is 30.1 Å². The highest BCUT2D eigenvalue weighted by Crippen LogP contribution is 2.40. The third-order valence-electron chi connectivity index (χ3n) is 22.8. The smallest absolute Gasteiger partial charge is 0.338 e. The van der Waals surface area contributed by atoms with Crippen LogP contribution in [0.25, 0.3) is 75.4 Å². The van der Waals surface area contributed by atoms with Gasteiger partial charge in [-0.2, -0.15) is 0 Å². The number of hydrogen-bond donors (Lipinski definition) is 4. The van der Waals surface area contributed by atoms with Crippen LogP contribution in [0.1, 0.15) is 123 Å². The van der Waals surface area contributed by atoms with Crippen LogP contribution in [0.2, 0.25) is 0 Å². The fourth-order valence-electron chi connectivity index (χ4n) is 15.4. The van der Waals surface area contributed by atoms with E-state index in [4.69, 9.17) is 23.7 Å². The number of anilines is 4. The lowest BCUT2D eigenvalue weighted by Gasteiger charge is -2.30. The second-order valence-corrected chi connectivity index (χ2v) is 36.1. The quantitative estimate of drug-likeness (QED) is 0.00977.